The highest BCUT2D eigenvalue weighted by Gasteiger charge is 2.09. The largest absolute Gasteiger partial charge is 0.320 e. The molecule has 0 aliphatic rings. The Morgan fingerprint density at radius 3 is 2.59 bits per heavy atom. The lowest BCUT2D eigenvalue weighted by Crippen LogP contribution is -2.12. The Balaban J connectivity index is 3.25. The summed E-state index contributed by atoms with van der Waals surface area (Å²) in [6.07, 6.45) is 0. The van der Waals surface area contributed by atoms with E-state index in [1.165, 1.54) is 0 Å². The van der Waals surface area contributed by atoms with Crippen molar-refractivity contribution in [2.45, 2.75) is 13.8 Å². The summed E-state index contributed by atoms with van der Waals surface area (Å²) in [7, 11) is -2.56. The Kier molecular flexibility index (Phi) is 4.17. The van der Waals surface area contributed by atoms with Gasteiger partial charge in [0.2, 0.25) is 0 Å². The molecule has 6 heteroatoms. The Hall–Kier alpha value is -1.95. The average molecular weight is 252 g/mol. The minimum absolute atomic E-state index is 0.232. The average Bonchev–Trinajstić information content (AvgIpc) is 2.22. The molecule has 1 rings (SSSR count). The number of nitrogens with one attached hydrogen (secondary N) is 1. The van der Waals surface area contributed by atoms with Crippen LogP contribution in [0.25, 0.3) is 0 Å². The number of aryl methyl sites for hydroxylation is 1. The van der Waals surface area contributed by atoms with E-state index in [0.29, 0.717) is 16.8 Å². The predicted molar refractivity (Wildman–Crippen MR) is 65.6 cm³/mol. The van der Waals surface area contributed by atoms with Crippen LogP contribution in [0, 0.1) is 6.92 Å². The molecule has 0 fully saturated rings. The van der Waals surface area contributed by atoms with Crippen LogP contribution in [-0.2, 0) is 15.3 Å². The van der Waals surface area contributed by atoms with Crippen molar-refractivity contribution in [3.63, 3.8) is 0 Å². The third-order valence-electron chi connectivity index (χ3n) is 2.04. The third-order valence-corrected chi connectivity index (χ3v) is 2.37. The SMILES string of the molecule is C=C(C)C(=O)Nc1cccc(C)c1N=S(=O)=O. The van der Waals surface area contributed by atoms with E-state index in [1.807, 2.05) is 0 Å². The minimum Gasteiger partial charge on any atom is -0.320 e. The predicted octanol–water partition coefficient (Wildman–Crippen LogP) is 2.20. The van der Waals surface area contributed by atoms with Gasteiger partial charge in [-0.25, -0.2) is 0 Å². The zero-order chi connectivity index (χ0) is 13.0. The van der Waals surface area contributed by atoms with Crippen molar-refractivity contribution in [2.75, 3.05) is 5.32 Å². The molecule has 0 aromatic heterocycles. The van der Waals surface area contributed by atoms with Gasteiger partial charge < -0.3 is 5.32 Å². The quantitative estimate of drug-likeness (QED) is 0.838. The fourth-order valence-electron chi connectivity index (χ4n) is 1.18. The number of rotatable bonds is 3. The molecule has 1 aromatic carbocycles. The highest BCUT2D eigenvalue weighted by Crippen LogP contribution is 2.28. The van der Waals surface area contributed by atoms with Gasteiger partial charge in [-0.1, -0.05) is 18.7 Å². The monoisotopic (exact) mass is 252 g/mol. The van der Waals surface area contributed by atoms with E-state index in [4.69, 9.17) is 0 Å². The van der Waals surface area contributed by atoms with E-state index in [1.54, 1.807) is 32.0 Å². The Bertz CT molecular complexity index is 595. The maximum Gasteiger partial charge on any atom is 0.316 e. The zero-order valence-corrected chi connectivity index (χ0v) is 10.3. The molecular weight excluding hydrogens is 240 g/mol. The summed E-state index contributed by atoms with van der Waals surface area (Å²) < 4.78 is 24.6. The van der Waals surface area contributed by atoms with Crippen molar-refractivity contribution in [1.29, 1.82) is 0 Å². The number of hydrogen-bond donors (Lipinski definition) is 1. The number of amides is 1. The molecule has 90 valence electrons. The van der Waals surface area contributed by atoms with Crippen LogP contribution in [0.5, 0.6) is 0 Å². The Labute approximate surface area is 101 Å². The molecule has 1 amide bonds. The highest BCUT2D eigenvalue weighted by molar-refractivity contribution is 7.61. The molecule has 0 spiro atoms. The summed E-state index contributed by atoms with van der Waals surface area (Å²) in [5, 5.41) is 2.55. The summed E-state index contributed by atoms with van der Waals surface area (Å²) in [5.41, 5.74) is 1.58. The normalized spacial score (nSPS) is 9.53. The number of carbonyl (C=O) groups excluding carboxylic acids is 1. The van der Waals surface area contributed by atoms with Crippen molar-refractivity contribution in [3.8, 4) is 0 Å². The van der Waals surface area contributed by atoms with Gasteiger partial charge in [-0.3, -0.25) is 4.79 Å². The number of anilines is 1. The Morgan fingerprint density at radius 1 is 1.41 bits per heavy atom. The highest BCUT2D eigenvalue weighted by atomic mass is 32.2. The van der Waals surface area contributed by atoms with Crippen LogP contribution in [0.2, 0.25) is 0 Å². The second-order valence-electron chi connectivity index (χ2n) is 3.51. The van der Waals surface area contributed by atoms with Crippen molar-refractivity contribution in [2.24, 2.45) is 4.36 Å². The van der Waals surface area contributed by atoms with Crippen LogP contribution < -0.4 is 5.32 Å². The molecule has 1 N–H and O–H groups in total. The standard InChI is InChI=1S/C11H12N2O3S/c1-7(2)11(14)12-9-6-4-5-8(3)10(9)13-17(15)16/h4-6H,1H2,2-3H3,(H,12,14). The lowest BCUT2D eigenvalue weighted by atomic mass is 10.1. The van der Waals surface area contributed by atoms with E-state index in [9.17, 15) is 13.2 Å². The molecule has 0 bridgehead atoms. The Morgan fingerprint density at radius 2 is 2.06 bits per heavy atom. The fraction of sp³-hybridized carbons (Fsp3) is 0.182. The number of carbonyl (C=O) groups is 1. The lowest BCUT2D eigenvalue weighted by molar-refractivity contribution is -0.112. The molecule has 0 atom stereocenters. The van der Waals surface area contributed by atoms with Crippen molar-refractivity contribution in [1.82, 2.24) is 0 Å². The second kappa shape index (κ2) is 5.40. The van der Waals surface area contributed by atoms with Crippen LogP contribution in [0.1, 0.15) is 12.5 Å². The van der Waals surface area contributed by atoms with E-state index >= 15 is 0 Å². The summed E-state index contributed by atoms with van der Waals surface area (Å²) in [4.78, 5) is 11.5. The van der Waals surface area contributed by atoms with Crippen molar-refractivity contribution < 1.29 is 13.2 Å². The van der Waals surface area contributed by atoms with Crippen molar-refractivity contribution in [3.05, 3.63) is 35.9 Å². The van der Waals surface area contributed by atoms with Gasteiger partial charge in [-0.05, 0) is 25.5 Å². The molecule has 0 saturated heterocycles. The molecule has 0 unspecified atom stereocenters. The molecule has 1 aromatic rings. The molecule has 0 radical (unpaired) electrons. The van der Waals surface area contributed by atoms with Gasteiger partial charge in [0.1, 0.15) is 5.69 Å². The number of nitrogens with zero attached hydrogens (tertiary/aromatic N) is 1. The van der Waals surface area contributed by atoms with E-state index < -0.39 is 10.5 Å². The van der Waals surface area contributed by atoms with E-state index in [0.717, 1.165) is 0 Å². The van der Waals surface area contributed by atoms with Crippen molar-refractivity contribution >= 4 is 27.8 Å². The van der Waals surface area contributed by atoms with E-state index in [-0.39, 0.29) is 11.6 Å². The topological polar surface area (TPSA) is 75.6 Å². The van der Waals surface area contributed by atoms with Crippen LogP contribution in [-0.4, -0.2) is 14.3 Å². The number of benzene rings is 1. The smallest absolute Gasteiger partial charge is 0.316 e. The molecular formula is C11H12N2O3S. The number of hydrogen-bond acceptors (Lipinski definition) is 4. The first-order valence-electron chi connectivity index (χ1n) is 4.79. The second-order valence-corrected chi connectivity index (χ2v) is 4.13. The molecule has 0 aliphatic carbocycles. The summed E-state index contributed by atoms with van der Waals surface area (Å²) in [5.74, 6) is -0.372. The molecule has 0 heterocycles. The van der Waals surface area contributed by atoms with E-state index in [2.05, 4.69) is 16.3 Å². The molecule has 0 aliphatic heterocycles. The first kappa shape index (κ1) is 13.1. The van der Waals surface area contributed by atoms with Crippen LogP contribution in [0.15, 0.2) is 34.7 Å². The van der Waals surface area contributed by atoms with Crippen LogP contribution >= 0.6 is 0 Å². The van der Waals surface area contributed by atoms with Gasteiger partial charge in [0.25, 0.3) is 5.91 Å². The maximum absolute atomic E-state index is 11.5. The minimum atomic E-state index is -2.56. The molecule has 5 nitrogen and oxygen atoms in total. The van der Waals surface area contributed by atoms with Gasteiger partial charge in [-0.2, -0.15) is 8.42 Å². The first-order chi connectivity index (χ1) is 7.91. The summed E-state index contributed by atoms with van der Waals surface area (Å²) >= 11 is 0. The van der Waals surface area contributed by atoms with Gasteiger partial charge >= 0.3 is 10.5 Å². The first-order valence-corrected chi connectivity index (χ1v) is 5.82. The van der Waals surface area contributed by atoms with Gasteiger partial charge in [0.15, 0.2) is 0 Å². The van der Waals surface area contributed by atoms with Gasteiger partial charge in [-0.15, -0.1) is 4.36 Å². The maximum atomic E-state index is 11.5. The van der Waals surface area contributed by atoms with Crippen LogP contribution in [0.3, 0.4) is 0 Å². The zero-order valence-electron chi connectivity index (χ0n) is 9.52. The third kappa shape index (κ3) is 3.53. The van der Waals surface area contributed by atoms with Gasteiger partial charge in [0, 0.05) is 5.57 Å². The lowest BCUT2D eigenvalue weighted by Gasteiger charge is -2.08. The fourth-order valence-corrected chi connectivity index (χ4v) is 1.58. The summed E-state index contributed by atoms with van der Waals surface area (Å²) in [6, 6.07) is 5.00. The molecule has 17 heavy (non-hydrogen) atoms. The summed E-state index contributed by atoms with van der Waals surface area (Å²) in [6.45, 7) is 6.77. The van der Waals surface area contributed by atoms with Gasteiger partial charge in [0.05, 0.1) is 5.69 Å². The van der Waals surface area contributed by atoms with Crippen LogP contribution in [0.4, 0.5) is 11.4 Å². The molecule has 0 saturated carbocycles.